The largest absolute Gasteiger partial charge is 0.0879 e. The van der Waals surface area contributed by atoms with Crippen LogP contribution in [0.2, 0.25) is 0 Å². The minimum Gasteiger partial charge on any atom is -0.0879 e. The minimum absolute atomic E-state index is 0.439. The molecular formula is C38H64. The highest BCUT2D eigenvalue weighted by atomic mass is 14.6. The van der Waals surface area contributed by atoms with Gasteiger partial charge in [-0.15, -0.1) is 0 Å². The Morgan fingerprint density at radius 1 is 0.763 bits per heavy atom. The molecule has 0 heteroatoms. The summed E-state index contributed by atoms with van der Waals surface area (Å²) in [5, 5.41) is 0. The molecular weight excluding hydrogens is 456 g/mol. The summed E-state index contributed by atoms with van der Waals surface area (Å²) < 4.78 is 0. The molecule has 0 radical (unpaired) electrons. The maximum absolute atomic E-state index is 2.68. The second-order valence-electron chi connectivity index (χ2n) is 17.5. The second-order valence-corrected chi connectivity index (χ2v) is 17.5. The molecule has 0 aromatic rings. The predicted octanol–water partition coefficient (Wildman–Crippen LogP) is 11.7. The molecule has 6 aliphatic rings. The van der Waals surface area contributed by atoms with Crippen molar-refractivity contribution >= 4 is 0 Å². The third-order valence-electron chi connectivity index (χ3n) is 8.97. The Kier molecular flexibility index (Phi) is 10.1. The Bertz CT molecular complexity index is 866. The fourth-order valence-corrected chi connectivity index (χ4v) is 8.35. The minimum atomic E-state index is 0.439. The third kappa shape index (κ3) is 8.24. The van der Waals surface area contributed by atoms with Crippen molar-refractivity contribution in [1.29, 1.82) is 0 Å². The van der Waals surface area contributed by atoms with Crippen molar-refractivity contribution in [2.45, 2.75) is 122 Å². The van der Waals surface area contributed by atoms with Crippen LogP contribution in [0, 0.1) is 69.5 Å². The maximum Gasteiger partial charge on any atom is -0.00702 e. The molecule has 4 bridgehead atoms. The van der Waals surface area contributed by atoms with Gasteiger partial charge in [-0.05, 0) is 108 Å². The van der Waals surface area contributed by atoms with Crippen LogP contribution in [0.25, 0.3) is 0 Å². The van der Waals surface area contributed by atoms with Gasteiger partial charge in [0.1, 0.15) is 0 Å². The summed E-state index contributed by atoms with van der Waals surface area (Å²) in [5.74, 6) is 8.11. The fourth-order valence-electron chi connectivity index (χ4n) is 8.35. The lowest BCUT2D eigenvalue weighted by atomic mass is 9.66. The van der Waals surface area contributed by atoms with Crippen LogP contribution in [0.3, 0.4) is 0 Å². The van der Waals surface area contributed by atoms with Gasteiger partial charge in [-0.1, -0.05) is 131 Å². The summed E-state index contributed by atoms with van der Waals surface area (Å²) in [6, 6.07) is 0. The molecule has 0 amide bonds. The summed E-state index contributed by atoms with van der Waals surface area (Å²) in [4.78, 5) is 0. The van der Waals surface area contributed by atoms with Crippen molar-refractivity contribution in [3.63, 3.8) is 0 Å². The Morgan fingerprint density at radius 3 is 1.92 bits per heavy atom. The molecule has 6 aliphatic carbocycles. The fraction of sp³-hybridized carbons (Fsp3) is 0.789. The van der Waals surface area contributed by atoms with Crippen molar-refractivity contribution < 1.29 is 0 Å². The van der Waals surface area contributed by atoms with Crippen LogP contribution in [0.1, 0.15) is 122 Å². The molecule has 0 spiro atoms. The Morgan fingerprint density at radius 2 is 1.37 bits per heavy atom. The molecule has 0 heterocycles. The molecule has 2 fully saturated rings. The highest BCUT2D eigenvalue weighted by Gasteiger charge is 2.56. The lowest BCUT2D eigenvalue weighted by Crippen LogP contribution is -2.30. The van der Waals surface area contributed by atoms with Crippen molar-refractivity contribution in [2.24, 2.45) is 69.5 Å². The van der Waals surface area contributed by atoms with Crippen molar-refractivity contribution in [3.05, 3.63) is 48.1 Å². The molecule has 38 heavy (non-hydrogen) atoms. The Balaban J connectivity index is 0.000000183. The van der Waals surface area contributed by atoms with E-state index in [1.54, 1.807) is 5.57 Å². The van der Waals surface area contributed by atoms with Gasteiger partial charge in [0, 0.05) is 0 Å². The van der Waals surface area contributed by atoms with Crippen molar-refractivity contribution in [3.8, 4) is 0 Å². The van der Waals surface area contributed by atoms with E-state index in [-0.39, 0.29) is 0 Å². The van der Waals surface area contributed by atoms with E-state index in [2.05, 4.69) is 126 Å². The first-order valence-corrected chi connectivity index (χ1v) is 16.2. The highest BCUT2D eigenvalue weighted by molar-refractivity contribution is 5.31. The standard InChI is InChI=1S/C20H32.C10H12.2C4H10/c1-18(2,3)11-14-9-16-15-7-8-20(12-15,17(16)10-14)13-19(4,5)6;1-2-9-7-4-5-8(6-7)10(9)3-1;2*1-4(2)3/h7-9,15-17H,10-13H2,1-6H3;1-2,4-5,7-10H,3,6H2;2*4H,1-3H3. The highest BCUT2D eigenvalue weighted by Crippen LogP contribution is 2.65. The molecule has 0 aromatic carbocycles. The van der Waals surface area contributed by atoms with E-state index in [0.29, 0.717) is 16.2 Å². The van der Waals surface area contributed by atoms with Crippen LogP contribution < -0.4 is 0 Å². The molecule has 6 rings (SSSR count). The van der Waals surface area contributed by atoms with E-state index < -0.39 is 0 Å². The van der Waals surface area contributed by atoms with Crippen LogP contribution in [0.15, 0.2) is 48.1 Å². The molecule has 0 nitrogen and oxygen atoms in total. The lowest BCUT2D eigenvalue weighted by Gasteiger charge is -2.38. The molecule has 0 saturated heterocycles. The van der Waals surface area contributed by atoms with Crippen molar-refractivity contribution in [1.82, 2.24) is 0 Å². The van der Waals surface area contributed by atoms with E-state index in [0.717, 1.165) is 53.3 Å². The van der Waals surface area contributed by atoms with Gasteiger partial charge in [0.15, 0.2) is 0 Å². The average molecular weight is 521 g/mol. The zero-order valence-electron chi connectivity index (χ0n) is 27.5. The third-order valence-corrected chi connectivity index (χ3v) is 8.97. The monoisotopic (exact) mass is 521 g/mol. The van der Waals surface area contributed by atoms with E-state index in [4.69, 9.17) is 0 Å². The SMILES string of the molecule is C1=CC2C3C=CC(C3)C2C1.CC(C)(C)CC1=CC2C3C=CC(CC(C)(C)C)(C3)C2C1.CC(C)C.CC(C)C. The Labute approximate surface area is 238 Å². The number of fused-ring (bicyclic) bond motifs is 10. The number of hydrogen-bond acceptors (Lipinski definition) is 0. The molecule has 216 valence electrons. The molecule has 8 unspecified atom stereocenters. The molecule has 0 aliphatic heterocycles. The Hall–Kier alpha value is -1.04. The van der Waals surface area contributed by atoms with Gasteiger partial charge in [0.2, 0.25) is 0 Å². The van der Waals surface area contributed by atoms with Crippen LogP contribution in [0.5, 0.6) is 0 Å². The first kappa shape index (κ1) is 31.5. The van der Waals surface area contributed by atoms with Gasteiger partial charge in [0.05, 0.1) is 0 Å². The summed E-state index contributed by atoms with van der Waals surface area (Å²) >= 11 is 0. The lowest BCUT2D eigenvalue weighted by molar-refractivity contribution is 0.164. The first-order chi connectivity index (χ1) is 17.5. The van der Waals surface area contributed by atoms with Gasteiger partial charge < -0.3 is 0 Å². The number of hydrogen-bond donors (Lipinski definition) is 0. The van der Waals surface area contributed by atoms with E-state index in [9.17, 15) is 0 Å². The normalized spacial score (nSPS) is 36.9. The molecule has 2 saturated carbocycles. The van der Waals surface area contributed by atoms with Gasteiger partial charge in [-0.25, -0.2) is 0 Å². The summed E-state index contributed by atoms with van der Waals surface area (Å²) in [6.07, 6.45) is 25.8. The van der Waals surface area contributed by atoms with Gasteiger partial charge in [0.25, 0.3) is 0 Å². The molecule has 0 N–H and O–H groups in total. The second kappa shape index (κ2) is 12.2. The van der Waals surface area contributed by atoms with Gasteiger partial charge in [-0.3, -0.25) is 0 Å². The zero-order valence-corrected chi connectivity index (χ0v) is 27.5. The number of rotatable bonds is 2. The van der Waals surface area contributed by atoms with Crippen LogP contribution in [-0.4, -0.2) is 0 Å². The summed E-state index contributed by atoms with van der Waals surface area (Å²) in [7, 11) is 0. The van der Waals surface area contributed by atoms with Crippen LogP contribution in [-0.2, 0) is 0 Å². The van der Waals surface area contributed by atoms with E-state index in [1.165, 1.54) is 38.5 Å². The summed E-state index contributed by atoms with van der Waals surface area (Å²) in [6.45, 7) is 27.4. The maximum atomic E-state index is 2.68. The smallest absolute Gasteiger partial charge is 0.00702 e. The predicted molar refractivity (Wildman–Crippen MR) is 170 cm³/mol. The van der Waals surface area contributed by atoms with Crippen LogP contribution >= 0.6 is 0 Å². The molecule has 0 aromatic heterocycles. The van der Waals surface area contributed by atoms with E-state index >= 15 is 0 Å². The van der Waals surface area contributed by atoms with Gasteiger partial charge in [-0.2, -0.15) is 0 Å². The average Bonchev–Trinajstić information content (AvgIpc) is 3.52. The first-order valence-electron chi connectivity index (χ1n) is 16.2. The quantitative estimate of drug-likeness (QED) is 0.318. The molecule has 8 atom stereocenters. The van der Waals surface area contributed by atoms with E-state index in [1.807, 2.05) is 0 Å². The number of allylic oxidation sites excluding steroid dienone is 8. The van der Waals surface area contributed by atoms with Crippen molar-refractivity contribution in [2.75, 3.05) is 0 Å². The zero-order chi connectivity index (χ0) is 28.5. The summed E-state index contributed by atoms with van der Waals surface area (Å²) in [5.41, 5.74) is 3.15. The topological polar surface area (TPSA) is 0 Å². The van der Waals surface area contributed by atoms with Crippen LogP contribution in [0.4, 0.5) is 0 Å². The van der Waals surface area contributed by atoms with Gasteiger partial charge >= 0.3 is 0 Å².